The molecule has 0 unspecified atom stereocenters. The van der Waals surface area contributed by atoms with Crippen LogP contribution < -0.4 is 5.32 Å². The Morgan fingerprint density at radius 2 is 1.84 bits per heavy atom. The van der Waals surface area contributed by atoms with E-state index in [1.165, 1.54) is 16.5 Å². The van der Waals surface area contributed by atoms with Crippen molar-refractivity contribution in [1.82, 2.24) is 20.5 Å². The summed E-state index contributed by atoms with van der Waals surface area (Å²) in [7, 11) is 0. The molecule has 7 nitrogen and oxygen atoms in total. The monoisotopic (exact) mass is 430 g/mol. The van der Waals surface area contributed by atoms with Gasteiger partial charge in [0.1, 0.15) is 6.10 Å². The number of ether oxygens (including phenoxy) is 1. The molecule has 164 valence electrons. The fourth-order valence-electron chi connectivity index (χ4n) is 4.23. The maximum atomic E-state index is 12.3. The number of carbonyl (C=O) groups is 1. The number of hydrogen-bond donors (Lipinski definition) is 2. The number of benzene rings is 2. The van der Waals surface area contributed by atoms with Crippen LogP contribution in [0, 0.1) is 0 Å². The van der Waals surface area contributed by atoms with Gasteiger partial charge >= 0.3 is 0 Å². The zero-order valence-electron chi connectivity index (χ0n) is 17.8. The van der Waals surface area contributed by atoms with E-state index in [1.807, 2.05) is 30.5 Å². The molecule has 4 aromatic rings. The highest BCUT2D eigenvalue weighted by atomic mass is 16.5. The van der Waals surface area contributed by atoms with Gasteiger partial charge in [-0.05, 0) is 35.6 Å². The molecule has 1 atom stereocenters. The molecule has 0 spiro atoms. The first-order chi connectivity index (χ1) is 15.8. The van der Waals surface area contributed by atoms with E-state index in [2.05, 4.69) is 44.8 Å². The quantitative estimate of drug-likeness (QED) is 0.445. The number of fused-ring (bicyclic) bond motifs is 2. The Bertz CT molecular complexity index is 1210. The molecule has 5 rings (SSSR count). The molecule has 0 saturated carbocycles. The van der Waals surface area contributed by atoms with Crippen LogP contribution in [-0.2, 0) is 35.2 Å². The summed E-state index contributed by atoms with van der Waals surface area (Å²) in [5.41, 5.74) is 4.81. The SMILES string of the molecule is O=C(CCc1nnc(CCc2c[nH]c3ccccc23)o1)NC[C@@H]1OCCc2ccccc21. The Labute approximate surface area is 186 Å². The number of rotatable bonds is 8. The van der Waals surface area contributed by atoms with E-state index < -0.39 is 0 Å². The van der Waals surface area contributed by atoms with Gasteiger partial charge in [-0.3, -0.25) is 4.79 Å². The summed E-state index contributed by atoms with van der Waals surface area (Å²) in [5.74, 6) is 1.04. The second-order valence-corrected chi connectivity index (χ2v) is 8.06. The number of amides is 1. The van der Waals surface area contributed by atoms with Crippen molar-refractivity contribution in [3.05, 3.63) is 83.2 Å². The number of nitrogens with zero attached hydrogens (tertiary/aromatic N) is 2. The van der Waals surface area contributed by atoms with Crippen LogP contribution in [0.1, 0.15) is 41.0 Å². The van der Waals surface area contributed by atoms with Crippen molar-refractivity contribution in [2.24, 2.45) is 0 Å². The first-order valence-electron chi connectivity index (χ1n) is 11.1. The molecule has 2 N–H and O–H groups in total. The molecule has 3 heterocycles. The van der Waals surface area contributed by atoms with E-state index in [0.717, 1.165) is 23.9 Å². The van der Waals surface area contributed by atoms with Crippen molar-refractivity contribution in [3.63, 3.8) is 0 Å². The average Bonchev–Trinajstić information content (AvgIpc) is 3.47. The number of H-pyrrole nitrogens is 1. The van der Waals surface area contributed by atoms with Crippen LogP contribution in [-0.4, -0.2) is 34.2 Å². The minimum absolute atomic E-state index is 0.0461. The van der Waals surface area contributed by atoms with E-state index in [1.54, 1.807) is 0 Å². The zero-order valence-corrected chi connectivity index (χ0v) is 17.8. The van der Waals surface area contributed by atoms with Crippen molar-refractivity contribution >= 4 is 16.8 Å². The van der Waals surface area contributed by atoms with Gasteiger partial charge in [-0.2, -0.15) is 0 Å². The summed E-state index contributed by atoms with van der Waals surface area (Å²) >= 11 is 0. The van der Waals surface area contributed by atoms with Crippen LogP contribution in [0.3, 0.4) is 0 Å². The van der Waals surface area contributed by atoms with Gasteiger partial charge in [-0.1, -0.05) is 42.5 Å². The lowest BCUT2D eigenvalue weighted by atomic mass is 9.97. The fourth-order valence-corrected chi connectivity index (χ4v) is 4.23. The van der Waals surface area contributed by atoms with Gasteiger partial charge in [-0.15, -0.1) is 10.2 Å². The summed E-state index contributed by atoms with van der Waals surface area (Å²) in [6.07, 6.45) is 5.06. The van der Waals surface area contributed by atoms with Crippen molar-refractivity contribution in [3.8, 4) is 0 Å². The second kappa shape index (κ2) is 9.36. The summed E-state index contributed by atoms with van der Waals surface area (Å²) in [6, 6.07) is 16.5. The summed E-state index contributed by atoms with van der Waals surface area (Å²) in [5, 5.41) is 12.4. The maximum Gasteiger partial charge on any atom is 0.220 e. The van der Waals surface area contributed by atoms with E-state index in [4.69, 9.17) is 9.15 Å². The number of aryl methyl sites for hydroxylation is 3. The van der Waals surface area contributed by atoms with Gasteiger partial charge < -0.3 is 19.5 Å². The minimum Gasteiger partial charge on any atom is -0.425 e. The van der Waals surface area contributed by atoms with Crippen molar-refractivity contribution in [1.29, 1.82) is 0 Å². The predicted octanol–water partition coefficient (Wildman–Crippen LogP) is 3.70. The molecule has 0 fully saturated rings. The molecule has 2 aromatic heterocycles. The molecule has 1 amide bonds. The fraction of sp³-hybridized carbons (Fsp3) is 0.320. The number of aromatic nitrogens is 3. The van der Waals surface area contributed by atoms with Crippen LogP contribution in [0.2, 0.25) is 0 Å². The van der Waals surface area contributed by atoms with E-state index in [0.29, 0.717) is 44.2 Å². The molecule has 0 aliphatic carbocycles. The van der Waals surface area contributed by atoms with Crippen LogP contribution in [0.5, 0.6) is 0 Å². The maximum absolute atomic E-state index is 12.3. The number of nitrogens with one attached hydrogen (secondary N) is 2. The highest BCUT2D eigenvalue weighted by Crippen LogP contribution is 2.26. The topological polar surface area (TPSA) is 93.0 Å². The standard InChI is InChI=1S/C25H26N4O3/c30-23(27-16-22-20-7-2-1-5-17(20)13-14-31-22)10-12-25-29-28-24(32-25)11-9-18-15-26-21-8-4-3-6-19(18)21/h1-8,15,22,26H,9-14,16H2,(H,27,30)/t22-/m0/s1. The Kier molecular flexibility index (Phi) is 5.98. The van der Waals surface area contributed by atoms with Crippen LogP contribution >= 0.6 is 0 Å². The molecule has 1 aliphatic heterocycles. The molecule has 32 heavy (non-hydrogen) atoms. The van der Waals surface area contributed by atoms with E-state index in [-0.39, 0.29) is 12.0 Å². The first kappa shape index (κ1) is 20.5. The molecule has 7 heteroatoms. The Hall–Kier alpha value is -3.45. The lowest BCUT2D eigenvalue weighted by Crippen LogP contribution is -2.32. The smallest absolute Gasteiger partial charge is 0.220 e. The van der Waals surface area contributed by atoms with Crippen molar-refractivity contribution < 1.29 is 13.9 Å². The third-order valence-electron chi connectivity index (χ3n) is 5.93. The Morgan fingerprint density at radius 1 is 1.03 bits per heavy atom. The molecule has 0 saturated heterocycles. The lowest BCUT2D eigenvalue weighted by molar-refractivity contribution is -0.121. The summed E-state index contributed by atoms with van der Waals surface area (Å²) in [4.78, 5) is 15.6. The second-order valence-electron chi connectivity index (χ2n) is 8.06. The van der Waals surface area contributed by atoms with Gasteiger partial charge in [0.05, 0.1) is 6.61 Å². The molecule has 1 aliphatic rings. The van der Waals surface area contributed by atoms with Crippen LogP contribution in [0.25, 0.3) is 10.9 Å². The van der Waals surface area contributed by atoms with Crippen molar-refractivity contribution in [2.75, 3.05) is 13.2 Å². The largest absolute Gasteiger partial charge is 0.425 e. The van der Waals surface area contributed by atoms with Gasteiger partial charge in [0.15, 0.2) is 0 Å². The van der Waals surface area contributed by atoms with Crippen LogP contribution in [0.4, 0.5) is 0 Å². The lowest BCUT2D eigenvalue weighted by Gasteiger charge is -2.26. The van der Waals surface area contributed by atoms with Gasteiger partial charge in [0, 0.05) is 42.9 Å². The van der Waals surface area contributed by atoms with Gasteiger partial charge in [0.2, 0.25) is 17.7 Å². The molecular formula is C25H26N4O3. The summed E-state index contributed by atoms with van der Waals surface area (Å²) in [6.45, 7) is 1.15. The highest BCUT2D eigenvalue weighted by molar-refractivity contribution is 5.83. The van der Waals surface area contributed by atoms with Crippen molar-refractivity contribution in [2.45, 2.75) is 38.2 Å². The normalized spacial score (nSPS) is 15.6. The molecule has 0 radical (unpaired) electrons. The molecule has 0 bridgehead atoms. The molecule has 2 aromatic carbocycles. The average molecular weight is 431 g/mol. The Morgan fingerprint density at radius 3 is 2.78 bits per heavy atom. The minimum atomic E-state index is -0.0941. The van der Waals surface area contributed by atoms with E-state index >= 15 is 0 Å². The summed E-state index contributed by atoms with van der Waals surface area (Å²) < 4.78 is 11.6. The zero-order chi connectivity index (χ0) is 21.8. The number of aromatic amines is 1. The predicted molar refractivity (Wildman–Crippen MR) is 120 cm³/mol. The van der Waals surface area contributed by atoms with Gasteiger partial charge in [0.25, 0.3) is 0 Å². The van der Waals surface area contributed by atoms with Gasteiger partial charge in [-0.25, -0.2) is 0 Å². The third kappa shape index (κ3) is 4.57. The number of para-hydroxylation sites is 1. The molecular weight excluding hydrogens is 404 g/mol. The number of carbonyl (C=O) groups excluding carboxylic acids is 1. The van der Waals surface area contributed by atoms with E-state index in [9.17, 15) is 4.79 Å². The third-order valence-corrected chi connectivity index (χ3v) is 5.93. The Balaban J connectivity index is 1.09. The number of hydrogen-bond acceptors (Lipinski definition) is 5. The van der Waals surface area contributed by atoms with Crippen LogP contribution in [0.15, 0.2) is 59.1 Å². The highest BCUT2D eigenvalue weighted by Gasteiger charge is 2.21. The first-order valence-corrected chi connectivity index (χ1v) is 11.1.